The van der Waals surface area contributed by atoms with E-state index in [0.29, 0.717) is 10.0 Å². The van der Waals surface area contributed by atoms with Gasteiger partial charge in [0.15, 0.2) is 15.0 Å². The van der Waals surface area contributed by atoms with Gasteiger partial charge in [-0.15, -0.1) is 11.3 Å². The van der Waals surface area contributed by atoms with Gasteiger partial charge in [0.05, 0.1) is 16.3 Å². The minimum Gasteiger partial charge on any atom is -0.302 e. The van der Waals surface area contributed by atoms with Crippen molar-refractivity contribution < 1.29 is 13.2 Å². The van der Waals surface area contributed by atoms with Crippen molar-refractivity contribution in [1.29, 1.82) is 0 Å². The van der Waals surface area contributed by atoms with Crippen molar-refractivity contribution in [2.24, 2.45) is 0 Å². The minimum atomic E-state index is -3.48. The van der Waals surface area contributed by atoms with Crippen molar-refractivity contribution >= 4 is 32.2 Å². The smallest absolute Gasteiger partial charge is 0.227 e. The van der Waals surface area contributed by atoms with Crippen LogP contribution in [-0.2, 0) is 27.5 Å². The average molecular weight is 413 g/mol. The number of anilines is 1. The summed E-state index contributed by atoms with van der Waals surface area (Å²) in [5.41, 5.74) is 4.10. The molecule has 0 spiro atoms. The summed E-state index contributed by atoms with van der Waals surface area (Å²) < 4.78 is 25.2. The molecule has 1 aliphatic carbocycles. The largest absolute Gasteiger partial charge is 0.302 e. The van der Waals surface area contributed by atoms with E-state index in [1.165, 1.54) is 16.9 Å². The number of hydrogen-bond donors (Lipinski definition) is 1. The van der Waals surface area contributed by atoms with Crippen LogP contribution in [0.15, 0.2) is 58.8 Å². The van der Waals surface area contributed by atoms with Gasteiger partial charge in [0.2, 0.25) is 5.91 Å². The molecular formula is C21H20N2O3S2. The van der Waals surface area contributed by atoms with Gasteiger partial charge in [-0.05, 0) is 42.5 Å². The molecule has 3 aromatic rings. The molecule has 1 heterocycles. The zero-order chi connectivity index (χ0) is 19.6. The number of fused-ring (bicyclic) bond motifs is 1. The first-order valence-corrected chi connectivity index (χ1v) is 11.7. The van der Waals surface area contributed by atoms with E-state index < -0.39 is 9.84 Å². The van der Waals surface area contributed by atoms with Gasteiger partial charge in [0, 0.05) is 17.4 Å². The molecular weight excluding hydrogens is 392 g/mol. The number of aromatic nitrogens is 1. The van der Waals surface area contributed by atoms with Crippen molar-refractivity contribution in [1.82, 2.24) is 4.98 Å². The predicted octanol–water partition coefficient (Wildman–Crippen LogP) is 4.10. The molecule has 0 aliphatic heterocycles. The molecule has 1 aliphatic rings. The SMILES string of the molecule is O=C(CCS(=O)(=O)c1ccc2c(c1)CCC2)Nc1nc(-c2ccccc2)cs1. The number of carbonyl (C=O) groups excluding carboxylic acids is 1. The number of nitrogens with one attached hydrogen (secondary N) is 1. The van der Waals surface area contributed by atoms with Crippen molar-refractivity contribution in [3.63, 3.8) is 0 Å². The zero-order valence-corrected chi connectivity index (χ0v) is 16.9. The van der Waals surface area contributed by atoms with Crippen LogP contribution >= 0.6 is 11.3 Å². The van der Waals surface area contributed by atoms with Crippen LogP contribution in [0.3, 0.4) is 0 Å². The molecule has 0 fully saturated rings. The summed E-state index contributed by atoms with van der Waals surface area (Å²) in [5, 5.41) is 5.04. The van der Waals surface area contributed by atoms with Gasteiger partial charge >= 0.3 is 0 Å². The Morgan fingerprint density at radius 1 is 1.07 bits per heavy atom. The third kappa shape index (κ3) is 4.15. The van der Waals surface area contributed by atoms with E-state index in [1.54, 1.807) is 12.1 Å². The Kier molecular flexibility index (Phi) is 5.28. The Balaban J connectivity index is 1.37. The Morgan fingerprint density at radius 2 is 1.86 bits per heavy atom. The van der Waals surface area contributed by atoms with Crippen LogP contribution in [0, 0.1) is 0 Å². The van der Waals surface area contributed by atoms with Gasteiger partial charge in [-0.3, -0.25) is 4.79 Å². The minimum absolute atomic E-state index is 0.0976. The van der Waals surface area contributed by atoms with E-state index in [1.807, 2.05) is 41.8 Å². The summed E-state index contributed by atoms with van der Waals surface area (Å²) in [6, 6.07) is 15.0. The normalized spacial score (nSPS) is 13.3. The Hall–Kier alpha value is -2.51. The van der Waals surface area contributed by atoms with Crippen LogP contribution in [0.4, 0.5) is 5.13 Å². The lowest BCUT2D eigenvalue weighted by Gasteiger charge is -2.07. The van der Waals surface area contributed by atoms with Crippen LogP contribution < -0.4 is 5.32 Å². The van der Waals surface area contributed by atoms with Crippen LogP contribution in [0.25, 0.3) is 11.3 Å². The van der Waals surface area contributed by atoms with Gasteiger partial charge in [0.25, 0.3) is 0 Å². The fourth-order valence-electron chi connectivity index (χ4n) is 3.34. The van der Waals surface area contributed by atoms with Crippen molar-refractivity contribution in [3.05, 3.63) is 65.0 Å². The maximum atomic E-state index is 12.6. The number of aryl methyl sites for hydroxylation is 2. The van der Waals surface area contributed by atoms with Gasteiger partial charge < -0.3 is 5.32 Å². The third-order valence-electron chi connectivity index (χ3n) is 4.85. The van der Waals surface area contributed by atoms with E-state index in [4.69, 9.17) is 0 Å². The molecule has 2 aromatic carbocycles. The van der Waals surface area contributed by atoms with Crippen molar-refractivity contribution in [2.75, 3.05) is 11.1 Å². The Labute approximate surface area is 168 Å². The summed E-state index contributed by atoms with van der Waals surface area (Å²) in [6.45, 7) is 0. The molecule has 1 aromatic heterocycles. The highest BCUT2D eigenvalue weighted by Crippen LogP contribution is 2.26. The molecule has 0 saturated carbocycles. The Morgan fingerprint density at radius 3 is 2.68 bits per heavy atom. The van der Waals surface area contributed by atoms with E-state index in [-0.39, 0.29) is 18.1 Å². The molecule has 28 heavy (non-hydrogen) atoms. The lowest BCUT2D eigenvalue weighted by atomic mass is 10.1. The van der Waals surface area contributed by atoms with E-state index in [0.717, 1.165) is 36.1 Å². The predicted molar refractivity (Wildman–Crippen MR) is 111 cm³/mol. The van der Waals surface area contributed by atoms with Crippen LogP contribution in [0.1, 0.15) is 24.0 Å². The zero-order valence-electron chi connectivity index (χ0n) is 15.2. The van der Waals surface area contributed by atoms with E-state index >= 15 is 0 Å². The van der Waals surface area contributed by atoms with Gasteiger partial charge in [0.1, 0.15) is 0 Å². The molecule has 144 valence electrons. The van der Waals surface area contributed by atoms with Gasteiger partial charge in [-0.2, -0.15) is 0 Å². The molecule has 0 saturated heterocycles. The maximum Gasteiger partial charge on any atom is 0.227 e. The molecule has 0 unspecified atom stereocenters. The summed E-state index contributed by atoms with van der Waals surface area (Å²) in [7, 11) is -3.48. The van der Waals surface area contributed by atoms with Crippen LogP contribution in [0.5, 0.6) is 0 Å². The first kappa shape index (κ1) is 18.8. The molecule has 0 bridgehead atoms. The number of hydrogen-bond acceptors (Lipinski definition) is 5. The molecule has 1 N–H and O–H groups in total. The first-order valence-electron chi connectivity index (χ1n) is 9.17. The third-order valence-corrected chi connectivity index (χ3v) is 7.32. The highest BCUT2D eigenvalue weighted by Gasteiger charge is 2.20. The summed E-state index contributed by atoms with van der Waals surface area (Å²) in [4.78, 5) is 16.9. The second-order valence-electron chi connectivity index (χ2n) is 6.81. The standard InChI is InChI=1S/C21H20N2O3S2/c24-20(23-21-22-19(14-27-21)16-5-2-1-3-6-16)11-12-28(25,26)18-10-9-15-7-4-8-17(15)13-18/h1-3,5-6,9-10,13-14H,4,7-8,11-12H2,(H,22,23,24). The topological polar surface area (TPSA) is 76.1 Å². The van der Waals surface area contributed by atoms with Crippen molar-refractivity contribution in [2.45, 2.75) is 30.6 Å². The van der Waals surface area contributed by atoms with E-state index in [9.17, 15) is 13.2 Å². The number of sulfone groups is 1. The Bertz CT molecular complexity index is 1110. The number of nitrogens with zero attached hydrogens (tertiary/aromatic N) is 1. The number of rotatable bonds is 6. The number of amides is 1. The lowest BCUT2D eigenvalue weighted by Crippen LogP contribution is -2.17. The summed E-state index contributed by atoms with van der Waals surface area (Å²) >= 11 is 1.32. The maximum absolute atomic E-state index is 12.6. The first-order chi connectivity index (χ1) is 13.5. The molecule has 1 amide bonds. The van der Waals surface area contributed by atoms with Crippen LogP contribution in [-0.4, -0.2) is 25.1 Å². The fraction of sp³-hybridized carbons (Fsp3) is 0.238. The summed E-state index contributed by atoms with van der Waals surface area (Å²) in [6.07, 6.45) is 2.91. The lowest BCUT2D eigenvalue weighted by molar-refractivity contribution is -0.115. The number of carbonyl (C=O) groups is 1. The van der Waals surface area contributed by atoms with Gasteiger partial charge in [-0.25, -0.2) is 13.4 Å². The number of thiazole rings is 1. The highest BCUT2D eigenvalue weighted by molar-refractivity contribution is 7.91. The molecule has 5 nitrogen and oxygen atoms in total. The molecule has 4 rings (SSSR count). The second kappa shape index (κ2) is 7.85. The molecule has 7 heteroatoms. The average Bonchev–Trinajstić information content (AvgIpc) is 3.36. The highest BCUT2D eigenvalue weighted by atomic mass is 32.2. The van der Waals surface area contributed by atoms with Crippen LogP contribution in [0.2, 0.25) is 0 Å². The monoisotopic (exact) mass is 412 g/mol. The van der Waals surface area contributed by atoms with Gasteiger partial charge in [-0.1, -0.05) is 36.4 Å². The molecule has 0 radical (unpaired) electrons. The number of benzene rings is 2. The van der Waals surface area contributed by atoms with Crippen molar-refractivity contribution in [3.8, 4) is 11.3 Å². The fourth-order valence-corrected chi connectivity index (χ4v) is 5.36. The second-order valence-corrected chi connectivity index (χ2v) is 9.77. The quantitative estimate of drug-likeness (QED) is 0.661. The summed E-state index contributed by atoms with van der Waals surface area (Å²) in [5.74, 6) is -0.562. The van der Waals surface area contributed by atoms with E-state index in [2.05, 4.69) is 10.3 Å². The molecule has 0 atom stereocenters.